The van der Waals surface area contributed by atoms with Crippen LogP contribution in [0.15, 0.2) is 41.3 Å². The molecule has 1 aromatic heterocycles. The predicted octanol–water partition coefficient (Wildman–Crippen LogP) is -0.573. The average Bonchev–Trinajstić information content (AvgIpc) is 2.49. The van der Waals surface area contributed by atoms with Crippen molar-refractivity contribution in [3.05, 3.63) is 52.4 Å². The SMILES string of the molecule is CCN(C)c1cnn(Cc2ccc(B(O)O)cc2)c(=O)c1. The molecule has 7 heteroatoms. The normalized spacial score (nSPS) is 10.5. The topological polar surface area (TPSA) is 78.6 Å². The minimum atomic E-state index is -1.48. The molecule has 0 aliphatic carbocycles. The van der Waals surface area contributed by atoms with Gasteiger partial charge in [-0.2, -0.15) is 5.10 Å². The molecule has 0 radical (unpaired) electrons. The summed E-state index contributed by atoms with van der Waals surface area (Å²) in [5.74, 6) is 0. The van der Waals surface area contributed by atoms with E-state index in [2.05, 4.69) is 5.10 Å². The molecule has 110 valence electrons. The molecule has 0 saturated heterocycles. The van der Waals surface area contributed by atoms with Crippen molar-refractivity contribution >= 4 is 18.3 Å². The lowest BCUT2D eigenvalue weighted by Gasteiger charge is -2.16. The van der Waals surface area contributed by atoms with E-state index in [0.717, 1.165) is 17.8 Å². The minimum absolute atomic E-state index is 0.168. The lowest BCUT2D eigenvalue weighted by atomic mass is 9.80. The van der Waals surface area contributed by atoms with E-state index in [-0.39, 0.29) is 5.56 Å². The number of hydrogen-bond donors (Lipinski definition) is 2. The molecule has 0 spiro atoms. The summed E-state index contributed by atoms with van der Waals surface area (Å²) in [4.78, 5) is 14.0. The molecule has 0 atom stereocenters. The molecule has 2 N–H and O–H groups in total. The highest BCUT2D eigenvalue weighted by molar-refractivity contribution is 6.58. The number of anilines is 1. The number of rotatable bonds is 5. The van der Waals surface area contributed by atoms with Crippen LogP contribution in [0, 0.1) is 0 Å². The number of benzene rings is 1. The number of nitrogens with zero attached hydrogens (tertiary/aromatic N) is 3. The van der Waals surface area contributed by atoms with Crippen molar-refractivity contribution in [3.8, 4) is 0 Å². The quantitative estimate of drug-likeness (QED) is 0.720. The maximum absolute atomic E-state index is 12.0. The van der Waals surface area contributed by atoms with Gasteiger partial charge < -0.3 is 14.9 Å². The third-order valence-electron chi connectivity index (χ3n) is 3.38. The van der Waals surface area contributed by atoms with E-state index in [1.807, 2.05) is 18.9 Å². The summed E-state index contributed by atoms with van der Waals surface area (Å²) in [6.07, 6.45) is 1.66. The predicted molar refractivity (Wildman–Crippen MR) is 82.8 cm³/mol. The molecule has 0 fully saturated rings. The fourth-order valence-corrected chi connectivity index (χ4v) is 1.90. The van der Waals surface area contributed by atoms with Gasteiger partial charge in [0.1, 0.15) is 0 Å². The molecule has 0 amide bonds. The van der Waals surface area contributed by atoms with E-state index in [0.29, 0.717) is 12.0 Å². The summed E-state index contributed by atoms with van der Waals surface area (Å²) in [6.45, 7) is 3.15. The van der Waals surface area contributed by atoms with E-state index < -0.39 is 7.12 Å². The largest absolute Gasteiger partial charge is 0.488 e. The molecule has 0 bridgehead atoms. The van der Waals surface area contributed by atoms with Crippen molar-refractivity contribution in [1.82, 2.24) is 9.78 Å². The summed E-state index contributed by atoms with van der Waals surface area (Å²) in [6, 6.07) is 8.28. The zero-order valence-electron chi connectivity index (χ0n) is 12.1. The Labute approximate surface area is 123 Å². The fourth-order valence-electron chi connectivity index (χ4n) is 1.90. The first-order chi connectivity index (χ1) is 10.0. The van der Waals surface area contributed by atoms with Gasteiger partial charge in [-0.3, -0.25) is 4.79 Å². The molecular weight excluding hydrogens is 269 g/mol. The van der Waals surface area contributed by atoms with Gasteiger partial charge in [0.2, 0.25) is 0 Å². The van der Waals surface area contributed by atoms with E-state index in [1.54, 1.807) is 36.5 Å². The molecule has 2 rings (SSSR count). The van der Waals surface area contributed by atoms with Crippen LogP contribution in [0.1, 0.15) is 12.5 Å². The number of hydrogen-bond acceptors (Lipinski definition) is 5. The first kappa shape index (κ1) is 15.3. The van der Waals surface area contributed by atoms with Gasteiger partial charge in [0.05, 0.1) is 18.4 Å². The molecule has 2 aromatic rings. The van der Waals surface area contributed by atoms with Gasteiger partial charge >= 0.3 is 7.12 Å². The first-order valence-electron chi connectivity index (χ1n) is 6.74. The standard InChI is InChI=1S/C14H18BN3O3/c1-3-17(2)13-8-14(19)18(16-9-13)10-11-4-6-12(7-5-11)15(20)21/h4-9,20-21H,3,10H2,1-2H3. The van der Waals surface area contributed by atoms with Crippen molar-refractivity contribution in [2.75, 3.05) is 18.5 Å². The van der Waals surface area contributed by atoms with Crippen LogP contribution in [0.4, 0.5) is 5.69 Å². The van der Waals surface area contributed by atoms with Crippen LogP contribution in [0.2, 0.25) is 0 Å². The molecule has 0 saturated carbocycles. The van der Waals surface area contributed by atoms with Crippen LogP contribution in [0.5, 0.6) is 0 Å². The third-order valence-corrected chi connectivity index (χ3v) is 3.38. The average molecular weight is 287 g/mol. The van der Waals surface area contributed by atoms with Crippen LogP contribution in [-0.4, -0.2) is 40.5 Å². The van der Waals surface area contributed by atoms with E-state index in [4.69, 9.17) is 10.0 Å². The van der Waals surface area contributed by atoms with Gasteiger partial charge in [0.15, 0.2) is 0 Å². The maximum atomic E-state index is 12.0. The Balaban J connectivity index is 2.18. The van der Waals surface area contributed by atoms with Gasteiger partial charge in [-0.1, -0.05) is 24.3 Å². The van der Waals surface area contributed by atoms with Gasteiger partial charge in [-0.25, -0.2) is 4.68 Å². The monoisotopic (exact) mass is 287 g/mol. The number of aromatic nitrogens is 2. The molecule has 0 aliphatic heterocycles. The summed E-state index contributed by atoms with van der Waals surface area (Å²) in [5.41, 5.74) is 1.90. The second-order valence-corrected chi connectivity index (χ2v) is 4.84. The van der Waals surface area contributed by atoms with Gasteiger partial charge in [0, 0.05) is 19.7 Å². The summed E-state index contributed by atoms with van der Waals surface area (Å²) < 4.78 is 1.37. The van der Waals surface area contributed by atoms with Crippen LogP contribution < -0.4 is 15.9 Å². The van der Waals surface area contributed by atoms with Crippen molar-refractivity contribution < 1.29 is 10.0 Å². The van der Waals surface area contributed by atoms with E-state index in [1.165, 1.54) is 4.68 Å². The minimum Gasteiger partial charge on any atom is -0.423 e. The zero-order valence-corrected chi connectivity index (χ0v) is 12.1. The van der Waals surface area contributed by atoms with Gasteiger partial charge in [0.25, 0.3) is 5.56 Å². The molecule has 21 heavy (non-hydrogen) atoms. The van der Waals surface area contributed by atoms with Gasteiger partial charge in [-0.05, 0) is 17.9 Å². The van der Waals surface area contributed by atoms with Crippen LogP contribution in [0.25, 0.3) is 0 Å². The fraction of sp³-hybridized carbons (Fsp3) is 0.286. The molecule has 1 heterocycles. The van der Waals surface area contributed by atoms with Crippen molar-refractivity contribution in [2.24, 2.45) is 0 Å². The smallest absolute Gasteiger partial charge is 0.423 e. The molecule has 0 unspecified atom stereocenters. The molecule has 1 aromatic carbocycles. The highest BCUT2D eigenvalue weighted by Crippen LogP contribution is 2.06. The van der Waals surface area contributed by atoms with E-state index >= 15 is 0 Å². The zero-order chi connectivity index (χ0) is 15.4. The Hall–Kier alpha value is -2.12. The van der Waals surface area contributed by atoms with Crippen molar-refractivity contribution in [3.63, 3.8) is 0 Å². The first-order valence-corrected chi connectivity index (χ1v) is 6.74. The third kappa shape index (κ3) is 3.71. The van der Waals surface area contributed by atoms with Crippen molar-refractivity contribution in [1.29, 1.82) is 0 Å². The lowest BCUT2D eigenvalue weighted by Crippen LogP contribution is -2.30. The molecule has 6 nitrogen and oxygen atoms in total. The lowest BCUT2D eigenvalue weighted by molar-refractivity contribution is 0.426. The second kappa shape index (κ2) is 6.56. The Morgan fingerprint density at radius 3 is 2.48 bits per heavy atom. The molecular formula is C14H18BN3O3. The van der Waals surface area contributed by atoms with Gasteiger partial charge in [-0.15, -0.1) is 0 Å². The Morgan fingerprint density at radius 2 is 1.95 bits per heavy atom. The Kier molecular flexibility index (Phi) is 4.77. The maximum Gasteiger partial charge on any atom is 0.488 e. The summed E-state index contributed by atoms with van der Waals surface area (Å²) >= 11 is 0. The summed E-state index contributed by atoms with van der Waals surface area (Å²) in [7, 11) is 0.420. The summed E-state index contributed by atoms with van der Waals surface area (Å²) in [5, 5.41) is 22.2. The van der Waals surface area contributed by atoms with Crippen LogP contribution in [-0.2, 0) is 6.54 Å². The Morgan fingerprint density at radius 1 is 1.29 bits per heavy atom. The molecule has 0 aliphatic rings. The Bertz CT molecular complexity index is 655. The second-order valence-electron chi connectivity index (χ2n) is 4.84. The van der Waals surface area contributed by atoms with Crippen LogP contribution >= 0.6 is 0 Å². The highest BCUT2D eigenvalue weighted by atomic mass is 16.4. The van der Waals surface area contributed by atoms with E-state index in [9.17, 15) is 4.79 Å². The highest BCUT2D eigenvalue weighted by Gasteiger charge is 2.10. The van der Waals surface area contributed by atoms with Crippen LogP contribution in [0.3, 0.4) is 0 Å². The van der Waals surface area contributed by atoms with Crippen molar-refractivity contribution in [2.45, 2.75) is 13.5 Å².